The smallest absolute Gasteiger partial charge is 0.317 e. The standard InChI is InChI=1S/C22H20N2O6S/c1-2-30-22(27)20-15(17-7-4-8-31-17)10-16-19(21(20)26)14(11-18(25)23-16)12-5-3-6-13(9-12)24(28)29/h3-9,14-15,20H,2,10-11H2,1H3,(H,23,25)/t14-,15+,20+/m1/s1. The molecule has 0 fully saturated rings. The van der Waals surface area contributed by atoms with Crippen molar-refractivity contribution >= 4 is 34.7 Å². The van der Waals surface area contributed by atoms with Gasteiger partial charge in [-0.2, -0.15) is 0 Å². The quantitative estimate of drug-likeness (QED) is 0.330. The van der Waals surface area contributed by atoms with Crippen LogP contribution in [0.25, 0.3) is 0 Å². The monoisotopic (exact) mass is 440 g/mol. The molecule has 9 heteroatoms. The third-order valence-corrected chi connectivity index (χ3v) is 6.66. The van der Waals surface area contributed by atoms with Crippen molar-refractivity contribution in [2.24, 2.45) is 5.92 Å². The first-order valence-corrected chi connectivity index (χ1v) is 10.8. The van der Waals surface area contributed by atoms with Crippen LogP contribution in [0.5, 0.6) is 0 Å². The summed E-state index contributed by atoms with van der Waals surface area (Å²) in [6.45, 7) is 1.83. The number of esters is 1. The fourth-order valence-corrected chi connectivity index (χ4v) is 5.23. The lowest BCUT2D eigenvalue weighted by molar-refractivity contribution is -0.384. The highest BCUT2D eigenvalue weighted by Crippen LogP contribution is 2.46. The third-order valence-electron chi connectivity index (χ3n) is 5.66. The number of ketones is 1. The molecule has 0 unspecified atom stereocenters. The van der Waals surface area contributed by atoms with Crippen molar-refractivity contribution in [3.63, 3.8) is 0 Å². The molecule has 2 heterocycles. The van der Waals surface area contributed by atoms with Crippen LogP contribution in [0.3, 0.4) is 0 Å². The van der Waals surface area contributed by atoms with Crippen molar-refractivity contribution in [1.82, 2.24) is 5.32 Å². The average molecular weight is 440 g/mol. The summed E-state index contributed by atoms with van der Waals surface area (Å²) in [7, 11) is 0. The zero-order valence-corrected chi connectivity index (χ0v) is 17.5. The van der Waals surface area contributed by atoms with Gasteiger partial charge in [-0.25, -0.2) is 0 Å². The third kappa shape index (κ3) is 3.88. The number of thiophene rings is 1. The van der Waals surface area contributed by atoms with E-state index in [0.29, 0.717) is 23.3 Å². The number of carbonyl (C=O) groups is 3. The molecule has 1 aromatic heterocycles. The number of benzene rings is 1. The van der Waals surface area contributed by atoms with E-state index in [1.54, 1.807) is 13.0 Å². The first-order chi connectivity index (χ1) is 14.9. The van der Waals surface area contributed by atoms with Gasteiger partial charge in [-0.1, -0.05) is 18.2 Å². The van der Waals surface area contributed by atoms with Gasteiger partial charge in [-0.05, 0) is 30.4 Å². The number of ether oxygens (including phenoxy) is 1. The largest absolute Gasteiger partial charge is 0.465 e. The molecule has 1 aliphatic heterocycles. The average Bonchev–Trinajstić information content (AvgIpc) is 3.27. The topological polar surface area (TPSA) is 116 Å². The van der Waals surface area contributed by atoms with Gasteiger partial charge in [-0.15, -0.1) is 11.3 Å². The summed E-state index contributed by atoms with van der Waals surface area (Å²) < 4.78 is 5.22. The molecule has 0 saturated carbocycles. The number of carbonyl (C=O) groups excluding carboxylic acids is 3. The van der Waals surface area contributed by atoms with Gasteiger partial charge in [-0.3, -0.25) is 24.5 Å². The minimum Gasteiger partial charge on any atom is -0.465 e. The van der Waals surface area contributed by atoms with Crippen molar-refractivity contribution in [2.45, 2.75) is 31.6 Å². The van der Waals surface area contributed by atoms with Crippen LogP contribution in [-0.2, 0) is 19.1 Å². The minimum absolute atomic E-state index is 0.0229. The Bertz CT molecular complexity index is 1090. The van der Waals surface area contributed by atoms with Crippen molar-refractivity contribution in [3.8, 4) is 0 Å². The summed E-state index contributed by atoms with van der Waals surface area (Å²) in [6, 6.07) is 9.65. The summed E-state index contributed by atoms with van der Waals surface area (Å²) in [5.74, 6) is -3.36. The number of nitro benzene ring substituents is 1. The Kier molecular flexibility index (Phi) is 5.69. The number of non-ortho nitro benzene ring substituents is 1. The summed E-state index contributed by atoms with van der Waals surface area (Å²) in [5.41, 5.74) is 1.21. The second-order valence-electron chi connectivity index (χ2n) is 7.47. The van der Waals surface area contributed by atoms with E-state index in [0.717, 1.165) is 4.88 Å². The van der Waals surface area contributed by atoms with Crippen LogP contribution in [0, 0.1) is 16.0 Å². The fourth-order valence-electron chi connectivity index (χ4n) is 4.36. The molecule has 1 aliphatic carbocycles. The Balaban J connectivity index is 1.82. The molecule has 2 aromatic rings. The van der Waals surface area contributed by atoms with Crippen molar-refractivity contribution in [1.29, 1.82) is 0 Å². The van der Waals surface area contributed by atoms with Gasteiger partial charge >= 0.3 is 5.97 Å². The fraction of sp³-hybridized carbons (Fsp3) is 0.318. The van der Waals surface area contributed by atoms with Gasteiger partial charge in [0.15, 0.2) is 5.78 Å². The van der Waals surface area contributed by atoms with Crippen LogP contribution in [0.1, 0.15) is 42.0 Å². The summed E-state index contributed by atoms with van der Waals surface area (Å²) in [5, 5.41) is 15.9. The van der Waals surface area contributed by atoms with E-state index >= 15 is 0 Å². The highest BCUT2D eigenvalue weighted by molar-refractivity contribution is 7.10. The number of allylic oxidation sites excluding steroid dienone is 2. The van der Waals surface area contributed by atoms with E-state index < -0.39 is 34.4 Å². The minimum atomic E-state index is -1.02. The lowest BCUT2D eigenvalue weighted by atomic mass is 9.69. The highest BCUT2D eigenvalue weighted by Gasteiger charge is 2.48. The predicted molar refractivity (Wildman–Crippen MR) is 112 cm³/mol. The highest BCUT2D eigenvalue weighted by atomic mass is 32.1. The maximum Gasteiger partial charge on any atom is 0.317 e. The Morgan fingerprint density at radius 2 is 2.06 bits per heavy atom. The number of rotatable bonds is 5. The maximum absolute atomic E-state index is 13.7. The molecule has 0 saturated heterocycles. The van der Waals surface area contributed by atoms with E-state index in [-0.39, 0.29) is 24.6 Å². The molecular weight excluding hydrogens is 420 g/mol. The van der Waals surface area contributed by atoms with E-state index in [9.17, 15) is 24.5 Å². The zero-order chi connectivity index (χ0) is 22.1. The second-order valence-corrected chi connectivity index (χ2v) is 8.45. The van der Waals surface area contributed by atoms with Gasteiger partial charge in [0.2, 0.25) is 5.91 Å². The van der Waals surface area contributed by atoms with Crippen LogP contribution in [0.15, 0.2) is 53.0 Å². The predicted octanol–water partition coefficient (Wildman–Crippen LogP) is 3.45. The van der Waals surface area contributed by atoms with Crippen molar-refractivity contribution < 1.29 is 24.0 Å². The molecule has 8 nitrogen and oxygen atoms in total. The van der Waals surface area contributed by atoms with Crippen molar-refractivity contribution in [2.75, 3.05) is 6.61 Å². The summed E-state index contributed by atoms with van der Waals surface area (Å²) in [4.78, 5) is 50.5. The van der Waals surface area contributed by atoms with E-state index in [1.165, 1.54) is 29.5 Å². The molecule has 2 aliphatic rings. The molecule has 4 rings (SSSR count). The van der Waals surface area contributed by atoms with E-state index in [2.05, 4.69) is 5.32 Å². The normalized spacial score (nSPS) is 23.2. The molecular formula is C22H20N2O6S. The molecule has 0 bridgehead atoms. The van der Waals surface area contributed by atoms with Gasteiger partial charge < -0.3 is 10.1 Å². The van der Waals surface area contributed by atoms with Gasteiger partial charge in [0, 0.05) is 46.5 Å². The Labute approximate surface area is 182 Å². The van der Waals surface area contributed by atoms with E-state index in [1.807, 2.05) is 17.5 Å². The van der Waals surface area contributed by atoms with Crippen LogP contribution >= 0.6 is 11.3 Å². The van der Waals surface area contributed by atoms with Crippen LogP contribution < -0.4 is 5.32 Å². The molecule has 1 aromatic carbocycles. The number of nitrogens with zero attached hydrogens (tertiary/aromatic N) is 1. The van der Waals surface area contributed by atoms with Gasteiger partial charge in [0.1, 0.15) is 5.92 Å². The molecule has 31 heavy (non-hydrogen) atoms. The van der Waals surface area contributed by atoms with Gasteiger partial charge in [0.05, 0.1) is 11.5 Å². The molecule has 0 radical (unpaired) electrons. The number of hydrogen-bond donors (Lipinski definition) is 1. The van der Waals surface area contributed by atoms with Gasteiger partial charge in [0.25, 0.3) is 5.69 Å². The number of nitrogens with one attached hydrogen (secondary N) is 1. The van der Waals surface area contributed by atoms with Crippen LogP contribution in [-0.4, -0.2) is 29.2 Å². The van der Waals surface area contributed by atoms with E-state index in [4.69, 9.17) is 4.74 Å². The summed E-state index contributed by atoms with van der Waals surface area (Å²) >= 11 is 1.44. The Hall–Kier alpha value is -3.33. The molecule has 160 valence electrons. The maximum atomic E-state index is 13.7. The first-order valence-electron chi connectivity index (χ1n) is 9.92. The molecule has 0 spiro atoms. The number of hydrogen-bond acceptors (Lipinski definition) is 7. The Morgan fingerprint density at radius 1 is 1.26 bits per heavy atom. The zero-order valence-electron chi connectivity index (χ0n) is 16.7. The molecule has 3 atom stereocenters. The molecule has 1 N–H and O–H groups in total. The lowest BCUT2D eigenvalue weighted by Gasteiger charge is -2.37. The Morgan fingerprint density at radius 3 is 2.74 bits per heavy atom. The SMILES string of the molecule is CCOC(=O)[C@@H]1C(=O)C2=C(C[C@H]1c1cccs1)NC(=O)C[C@@H]2c1cccc([N+](=O)[O-])c1. The van der Waals surface area contributed by atoms with Crippen molar-refractivity contribution in [3.05, 3.63) is 73.6 Å². The summed E-state index contributed by atoms with van der Waals surface area (Å²) in [6.07, 6.45) is 0.285. The van der Waals surface area contributed by atoms with Crippen LogP contribution in [0.4, 0.5) is 5.69 Å². The first kappa shape index (κ1) is 20.9. The lowest BCUT2D eigenvalue weighted by Crippen LogP contribution is -2.44. The number of nitro groups is 1. The number of amides is 1. The number of Topliss-reactive ketones (excluding diaryl/α,β-unsaturated/α-hetero) is 1. The van der Waals surface area contributed by atoms with Crippen LogP contribution in [0.2, 0.25) is 0 Å². The molecule has 1 amide bonds. The second kappa shape index (κ2) is 8.43.